The van der Waals surface area contributed by atoms with Crippen molar-refractivity contribution < 1.29 is 35.5 Å². The number of hydrogen-bond donors (Lipinski definition) is 7. The molecular formula is C25H52N4O8S3. The molecule has 0 aromatic carbocycles. The molecule has 0 saturated heterocycles. The summed E-state index contributed by atoms with van der Waals surface area (Å²) in [4.78, 5) is 25.1. The van der Waals surface area contributed by atoms with E-state index in [0.29, 0.717) is 6.42 Å². The van der Waals surface area contributed by atoms with Crippen LogP contribution in [0.2, 0.25) is 0 Å². The Hall–Kier alpha value is -0.970. The van der Waals surface area contributed by atoms with Crippen molar-refractivity contribution in [2.75, 3.05) is 36.9 Å². The summed E-state index contributed by atoms with van der Waals surface area (Å²) in [5.74, 6) is -1.94. The monoisotopic (exact) mass is 632 g/mol. The summed E-state index contributed by atoms with van der Waals surface area (Å²) in [7, 11) is -8.41. The minimum absolute atomic E-state index is 0.0149. The van der Waals surface area contributed by atoms with Gasteiger partial charge in [0.2, 0.25) is 11.8 Å². The van der Waals surface area contributed by atoms with Crippen molar-refractivity contribution >= 4 is 44.7 Å². The van der Waals surface area contributed by atoms with Gasteiger partial charge in [-0.15, -0.1) is 0 Å². The summed E-state index contributed by atoms with van der Waals surface area (Å²) in [5.41, 5.74) is 0. The van der Waals surface area contributed by atoms with E-state index in [2.05, 4.69) is 40.8 Å². The predicted molar refractivity (Wildman–Crippen MR) is 162 cm³/mol. The second-order valence-corrected chi connectivity index (χ2v) is 13.6. The number of carbonyl (C=O) groups excluding carboxylic acids is 2. The summed E-state index contributed by atoms with van der Waals surface area (Å²) in [5, 5.41) is 10.7. The van der Waals surface area contributed by atoms with Crippen LogP contribution < -0.4 is 21.3 Å². The quantitative estimate of drug-likeness (QED) is 0.0306. The van der Waals surface area contributed by atoms with Crippen LogP contribution in [0.15, 0.2) is 0 Å². The molecule has 6 N–H and O–H groups in total. The number of unbranched alkanes of at least 4 members (excludes halogenated alkanes) is 12. The van der Waals surface area contributed by atoms with Crippen LogP contribution in [-0.2, 0) is 29.8 Å². The largest absolute Gasteiger partial charge is 0.344 e. The van der Waals surface area contributed by atoms with E-state index >= 15 is 0 Å². The third-order valence-corrected chi connectivity index (χ3v) is 8.10. The van der Waals surface area contributed by atoms with Crippen molar-refractivity contribution in [3.63, 3.8) is 0 Å². The van der Waals surface area contributed by atoms with Crippen molar-refractivity contribution in [2.24, 2.45) is 0 Å². The van der Waals surface area contributed by atoms with Crippen LogP contribution in [0, 0.1) is 0 Å². The third kappa shape index (κ3) is 26.0. The molecule has 0 aliphatic carbocycles. The first-order valence-electron chi connectivity index (χ1n) is 14.4. The minimum atomic E-state index is -4.23. The molecule has 2 amide bonds. The second kappa shape index (κ2) is 23.6. The van der Waals surface area contributed by atoms with Gasteiger partial charge in [0.25, 0.3) is 20.2 Å². The lowest BCUT2D eigenvalue weighted by molar-refractivity contribution is -0.129. The Balaban J connectivity index is 4.32. The van der Waals surface area contributed by atoms with E-state index in [1.807, 2.05) is 0 Å². The molecule has 0 fully saturated rings. The van der Waals surface area contributed by atoms with E-state index < -0.39 is 49.9 Å². The van der Waals surface area contributed by atoms with Gasteiger partial charge in [0.05, 0.1) is 17.7 Å². The Bertz CT molecular complexity index is 888. The van der Waals surface area contributed by atoms with E-state index in [0.717, 1.165) is 25.7 Å². The molecule has 2 atom stereocenters. The lowest BCUT2D eigenvalue weighted by Gasteiger charge is -2.24. The number of hydrogen-bond acceptors (Lipinski definition) is 9. The summed E-state index contributed by atoms with van der Waals surface area (Å²) in [6.07, 6.45) is 15.1. The predicted octanol–water partition coefficient (Wildman–Crippen LogP) is 2.28. The molecule has 0 bridgehead atoms. The van der Waals surface area contributed by atoms with Gasteiger partial charge >= 0.3 is 0 Å². The zero-order valence-electron chi connectivity index (χ0n) is 23.9. The molecule has 0 aliphatic heterocycles. The summed E-state index contributed by atoms with van der Waals surface area (Å²) >= 11 is 4.15. The van der Waals surface area contributed by atoms with Gasteiger partial charge in [-0.2, -0.15) is 29.5 Å². The van der Waals surface area contributed by atoms with Gasteiger partial charge in [-0.1, -0.05) is 84.0 Å². The summed E-state index contributed by atoms with van der Waals surface area (Å²) < 4.78 is 61.4. The molecular weight excluding hydrogens is 580 g/mol. The van der Waals surface area contributed by atoms with Crippen LogP contribution in [0.1, 0.15) is 96.8 Å². The molecule has 0 radical (unpaired) electrons. The average Bonchev–Trinajstić information content (AvgIpc) is 2.86. The average molecular weight is 633 g/mol. The SMILES string of the molecule is CCCCCCCCCCCCCCCC(=O)NC(CS)C(=O)NC(CNCCS(=O)(=O)O)NCCS(=O)(=O)O. The zero-order chi connectivity index (χ0) is 30.3. The van der Waals surface area contributed by atoms with E-state index in [-0.39, 0.29) is 31.3 Å². The Morgan fingerprint density at radius 3 is 1.68 bits per heavy atom. The molecule has 0 aromatic rings. The van der Waals surface area contributed by atoms with Gasteiger partial charge in [-0.25, -0.2) is 0 Å². The zero-order valence-corrected chi connectivity index (χ0v) is 26.4. The maximum atomic E-state index is 12.7. The molecule has 15 heteroatoms. The molecule has 0 heterocycles. The first kappa shape index (κ1) is 39.0. The maximum Gasteiger partial charge on any atom is 0.266 e. The van der Waals surface area contributed by atoms with Gasteiger partial charge in [0, 0.05) is 31.8 Å². The number of nitrogens with one attached hydrogen (secondary N) is 4. The fourth-order valence-corrected chi connectivity index (χ4v) is 5.06. The van der Waals surface area contributed by atoms with Gasteiger partial charge in [0.1, 0.15) is 6.04 Å². The van der Waals surface area contributed by atoms with E-state index in [9.17, 15) is 26.4 Å². The topological polar surface area (TPSA) is 191 Å². The Kier molecular flexibility index (Phi) is 23.0. The van der Waals surface area contributed by atoms with Crippen LogP contribution >= 0.6 is 12.6 Å². The molecule has 0 rings (SSSR count). The highest BCUT2D eigenvalue weighted by Gasteiger charge is 2.22. The fraction of sp³-hybridized carbons (Fsp3) is 0.920. The second-order valence-electron chi connectivity index (χ2n) is 10.1. The lowest BCUT2D eigenvalue weighted by atomic mass is 10.0. The molecule has 2 unspecified atom stereocenters. The molecule has 0 aliphatic rings. The molecule has 0 aromatic heterocycles. The van der Waals surface area contributed by atoms with E-state index in [4.69, 9.17) is 9.11 Å². The first-order chi connectivity index (χ1) is 18.9. The Morgan fingerprint density at radius 1 is 0.725 bits per heavy atom. The molecule has 0 spiro atoms. The van der Waals surface area contributed by atoms with Gasteiger partial charge in [-0.3, -0.25) is 24.0 Å². The summed E-state index contributed by atoms with van der Waals surface area (Å²) in [6.45, 7) is 1.90. The van der Waals surface area contributed by atoms with E-state index in [1.165, 1.54) is 57.8 Å². The number of thiol groups is 1. The highest BCUT2D eigenvalue weighted by atomic mass is 32.2. The molecule has 12 nitrogen and oxygen atoms in total. The normalized spacial score (nSPS) is 13.6. The van der Waals surface area contributed by atoms with Gasteiger partial charge in [0.15, 0.2) is 0 Å². The molecule has 238 valence electrons. The fourth-order valence-electron chi connectivity index (χ4n) is 4.02. The Morgan fingerprint density at radius 2 is 1.20 bits per heavy atom. The van der Waals surface area contributed by atoms with Gasteiger partial charge in [-0.05, 0) is 6.42 Å². The Labute approximate surface area is 246 Å². The molecule has 40 heavy (non-hydrogen) atoms. The van der Waals surface area contributed by atoms with Crippen LogP contribution in [-0.4, -0.2) is 86.9 Å². The van der Waals surface area contributed by atoms with Crippen molar-refractivity contribution in [1.82, 2.24) is 21.3 Å². The third-order valence-electron chi connectivity index (χ3n) is 6.29. The summed E-state index contributed by atoms with van der Waals surface area (Å²) in [6, 6.07) is -0.929. The van der Waals surface area contributed by atoms with Crippen molar-refractivity contribution in [3.8, 4) is 0 Å². The number of carbonyl (C=O) groups is 2. The van der Waals surface area contributed by atoms with Crippen LogP contribution in [0.25, 0.3) is 0 Å². The van der Waals surface area contributed by atoms with Crippen molar-refractivity contribution in [3.05, 3.63) is 0 Å². The van der Waals surface area contributed by atoms with Crippen molar-refractivity contribution in [2.45, 2.75) is 109 Å². The van der Waals surface area contributed by atoms with E-state index in [1.54, 1.807) is 0 Å². The minimum Gasteiger partial charge on any atom is -0.344 e. The highest BCUT2D eigenvalue weighted by Crippen LogP contribution is 2.13. The maximum absolute atomic E-state index is 12.7. The number of amides is 2. The van der Waals surface area contributed by atoms with Crippen LogP contribution in [0.4, 0.5) is 0 Å². The highest BCUT2D eigenvalue weighted by molar-refractivity contribution is 7.86. The van der Waals surface area contributed by atoms with Crippen LogP contribution in [0.5, 0.6) is 0 Å². The first-order valence-corrected chi connectivity index (χ1v) is 18.3. The lowest BCUT2D eigenvalue weighted by Crippen LogP contribution is -2.57. The van der Waals surface area contributed by atoms with Crippen LogP contribution in [0.3, 0.4) is 0 Å². The number of rotatable bonds is 27. The standard InChI is InChI=1S/C25H52N4O8S3/c1-2-3-4-5-6-7-8-9-10-11-12-13-14-15-24(30)28-22(21-38)25(31)29-23(27-17-19-40(35,36)37)20-26-16-18-39(32,33)34/h22-23,26-27,38H,2-21H2,1H3,(H,28,30)(H,29,31)(H,32,33,34)(H,35,36,37). The van der Waals surface area contributed by atoms with Gasteiger partial charge < -0.3 is 16.0 Å². The van der Waals surface area contributed by atoms with Crippen molar-refractivity contribution in [1.29, 1.82) is 0 Å². The molecule has 0 saturated carbocycles. The smallest absolute Gasteiger partial charge is 0.266 e.